The largest absolute Gasteiger partial charge is 0.465 e. The summed E-state index contributed by atoms with van der Waals surface area (Å²) in [7, 11) is 0. The minimum absolute atomic E-state index is 0.0123. The minimum atomic E-state index is -1.15. The first-order valence-corrected chi connectivity index (χ1v) is 5.67. The van der Waals surface area contributed by atoms with E-state index in [1.807, 2.05) is 0 Å². The topological polar surface area (TPSA) is 60.9 Å². The fourth-order valence-corrected chi connectivity index (χ4v) is 1.89. The van der Waals surface area contributed by atoms with Gasteiger partial charge in [-0.2, -0.15) is 0 Å². The maximum Gasteiger partial charge on any atom is 0.407 e. The van der Waals surface area contributed by atoms with E-state index >= 15 is 0 Å². The average molecular weight is 270 g/mol. The number of nitrogens with zero attached hydrogens (tertiary/aromatic N) is 2. The first-order valence-electron chi connectivity index (χ1n) is 5.67. The van der Waals surface area contributed by atoms with Crippen LogP contribution in [0.4, 0.5) is 13.6 Å². The zero-order valence-electron chi connectivity index (χ0n) is 9.97. The van der Waals surface area contributed by atoms with Crippen molar-refractivity contribution in [1.82, 2.24) is 9.80 Å². The molecule has 1 aliphatic rings. The fourth-order valence-electron chi connectivity index (χ4n) is 1.89. The van der Waals surface area contributed by atoms with Gasteiger partial charge in [-0.3, -0.25) is 9.69 Å². The number of hydrogen-bond donors (Lipinski definition) is 1. The van der Waals surface area contributed by atoms with Crippen LogP contribution in [0.25, 0.3) is 0 Å². The maximum atomic E-state index is 13.5. The first kappa shape index (κ1) is 13.3. The summed E-state index contributed by atoms with van der Waals surface area (Å²) >= 11 is 0. The molecule has 1 heterocycles. The third-order valence-corrected chi connectivity index (χ3v) is 2.97. The van der Waals surface area contributed by atoms with Crippen molar-refractivity contribution in [1.29, 1.82) is 0 Å². The lowest BCUT2D eigenvalue weighted by molar-refractivity contribution is -0.135. The van der Waals surface area contributed by atoms with E-state index < -0.39 is 23.6 Å². The summed E-state index contributed by atoms with van der Waals surface area (Å²) in [5.74, 6) is -1.78. The van der Waals surface area contributed by atoms with Gasteiger partial charge in [0.05, 0.1) is 0 Å². The number of carboxylic acid groups (broad SMARTS) is 1. The van der Waals surface area contributed by atoms with E-state index in [4.69, 9.17) is 5.11 Å². The lowest BCUT2D eigenvalue weighted by atomic mass is 10.1. The predicted octanol–water partition coefficient (Wildman–Crippen LogP) is 1.29. The summed E-state index contributed by atoms with van der Waals surface area (Å²) in [5.41, 5.74) is 0.207. The SMILES string of the molecule is O=C(O)N1CCN(Cc2ccc(F)cc2F)C(=O)C1. The van der Waals surface area contributed by atoms with Gasteiger partial charge in [-0.05, 0) is 6.07 Å². The number of carbonyl (C=O) groups is 2. The van der Waals surface area contributed by atoms with Gasteiger partial charge in [-0.15, -0.1) is 0 Å². The van der Waals surface area contributed by atoms with E-state index in [0.29, 0.717) is 0 Å². The van der Waals surface area contributed by atoms with E-state index in [9.17, 15) is 18.4 Å². The van der Waals surface area contributed by atoms with Crippen LogP contribution in [-0.4, -0.2) is 46.5 Å². The summed E-state index contributed by atoms with van der Waals surface area (Å²) in [6.07, 6.45) is -1.15. The first-order chi connectivity index (χ1) is 8.97. The standard InChI is InChI=1S/C12H12F2N2O3/c13-9-2-1-8(10(14)5-9)6-15-3-4-16(12(18)19)7-11(15)17/h1-2,5H,3-4,6-7H2,(H,18,19). The molecule has 2 amide bonds. The zero-order chi connectivity index (χ0) is 14.0. The van der Waals surface area contributed by atoms with Crippen LogP contribution in [-0.2, 0) is 11.3 Å². The highest BCUT2D eigenvalue weighted by Gasteiger charge is 2.27. The lowest BCUT2D eigenvalue weighted by Gasteiger charge is -2.32. The summed E-state index contributed by atoms with van der Waals surface area (Å²) in [5, 5.41) is 8.76. The Hall–Kier alpha value is -2.18. The molecular formula is C12H12F2N2O3. The highest BCUT2D eigenvalue weighted by molar-refractivity contribution is 5.83. The molecule has 7 heteroatoms. The molecule has 1 N–H and O–H groups in total. The lowest BCUT2D eigenvalue weighted by Crippen LogP contribution is -2.51. The van der Waals surface area contributed by atoms with Crippen molar-refractivity contribution < 1.29 is 23.5 Å². The molecular weight excluding hydrogens is 258 g/mol. The van der Waals surface area contributed by atoms with Crippen molar-refractivity contribution in [2.24, 2.45) is 0 Å². The van der Waals surface area contributed by atoms with Crippen LogP contribution in [0.5, 0.6) is 0 Å². The van der Waals surface area contributed by atoms with E-state index in [0.717, 1.165) is 17.0 Å². The summed E-state index contributed by atoms with van der Waals surface area (Å²) in [4.78, 5) is 24.8. The number of rotatable bonds is 2. The quantitative estimate of drug-likeness (QED) is 0.880. The van der Waals surface area contributed by atoms with Gasteiger partial charge in [-0.25, -0.2) is 13.6 Å². The molecule has 0 atom stereocenters. The second-order valence-corrected chi connectivity index (χ2v) is 4.26. The predicted molar refractivity (Wildman–Crippen MR) is 61.4 cm³/mol. The number of hydrogen-bond acceptors (Lipinski definition) is 2. The monoisotopic (exact) mass is 270 g/mol. The van der Waals surface area contributed by atoms with Crippen molar-refractivity contribution >= 4 is 12.0 Å². The summed E-state index contributed by atoms with van der Waals surface area (Å²) in [6, 6.07) is 3.16. The molecule has 0 radical (unpaired) electrons. The molecule has 0 bridgehead atoms. The molecule has 2 rings (SSSR count). The Morgan fingerprint density at radius 3 is 2.63 bits per heavy atom. The Kier molecular flexibility index (Phi) is 3.64. The van der Waals surface area contributed by atoms with Gasteiger partial charge in [0.25, 0.3) is 0 Å². The van der Waals surface area contributed by atoms with Gasteiger partial charge < -0.3 is 10.0 Å². The molecule has 1 aliphatic heterocycles. The number of halogens is 2. The molecule has 1 aromatic carbocycles. The highest BCUT2D eigenvalue weighted by Crippen LogP contribution is 2.14. The number of carbonyl (C=O) groups excluding carboxylic acids is 1. The molecule has 19 heavy (non-hydrogen) atoms. The second-order valence-electron chi connectivity index (χ2n) is 4.26. The van der Waals surface area contributed by atoms with Gasteiger partial charge >= 0.3 is 6.09 Å². The van der Waals surface area contributed by atoms with Crippen LogP contribution in [0, 0.1) is 11.6 Å². The van der Waals surface area contributed by atoms with Crippen LogP contribution in [0.1, 0.15) is 5.56 Å². The molecule has 0 unspecified atom stereocenters. The Morgan fingerprint density at radius 2 is 2.05 bits per heavy atom. The molecule has 0 saturated carbocycles. The van der Waals surface area contributed by atoms with Gasteiger partial charge in [0.2, 0.25) is 5.91 Å². The number of piperazine rings is 1. The zero-order valence-corrected chi connectivity index (χ0v) is 9.97. The van der Waals surface area contributed by atoms with Crippen molar-refractivity contribution in [3.05, 3.63) is 35.4 Å². The normalized spacial score (nSPS) is 15.8. The van der Waals surface area contributed by atoms with Crippen molar-refractivity contribution in [2.75, 3.05) is 19.6 Å². The van der Waals surface area contributed by atoms with Gasteiger partial charge in [0.15, 0.2) is 0 Å². The van der Waals surface area contributed by atoms with Crippen LogP contribution in [0.3, 0.4) is 0 Å². The minimum Gasteiger partial charge on any atom is -0.465 e. The van der Waals surface area contributed by atoms with Crippen molar-refractivity contribution in [3.8, 4) is 0 Å². The number of benzene rings is 1. The van der Waals surface area contributed by atoms with E-state index in [1.54, 1.807) is 0 Å². The van der Waals surface area contributed by atoms with E-state index in [2.05, 4.69) is 0 Å². The molecule has 1 fully saturated rings. The third kappa shape index (κ3) is 2.98. The smallest absolute Gasteiger partial charge is 0.407 e. The maximum absolute atomic E-state index is 13.5. The van der Waals surface area contributed by atoms with Crippen molar-refractivity contribution in [3.63, 3.8) is 0 Å². The molecule has 1 saturated heterocycles. The van der Waals surface area contributed by atoms with E-state index in [-0.39, 0.29) is 31.7 Å². The average Bonchev–Trinajstić information content (AvgIpc) is 2.34. The molecule has 5 nitrogen and oxygen atoms in total. The Morgan fingerprint density at radius 1 is 1.32 bits per heavy atom. The number of amides is 2. The summed E-state index contributed by atoms with van der Waals surface area (Å²) < 4.78 is 26.2. The van der Waals surface area contributed by atoms with Crippen LogP contribution >= 0.6 is 0 Å². The van der Waals surface area contributed by atoms with Crippen LogP contribution in [0.15, 0.2) is 18.2 Å². The molecule has 0 spiro atoms. The Balaban J connectivity index is 2.04. The fraction of sp³-hybridized carbons (Fsp3) is 0.333. The highest BCUT2D eigenvalue weighted by atomic mass is 19.1. The van der Waals surface area contributed by atoms with E-state index in [1.165, 1.54) is 11.0 Å². The summed E-state index contributed by atoms with van der Waals surface area (Å²) in [6.45, 7) is 0.155. The Labute approximate surface area is 108 Å². The van der Waals surface area contributed by atoms with Gasteiger partial charge in [0, 0.05) is 31.3 Å². The molecule has 0 aromatic heterocycles. The van der Waals surface area contributed by atoms with Crippen molar-refractivity contribution in [2.45, 2.75) is 6.54 Å². The van der Waals surface area contributed by atoms with Gasteiger partial charge in [0.1, 0.15) is 18.2 Å². The Bertz CT molecular complexity index is 522. The van der Waals surface area contributed by atoms with Crippen LogP contribution < -0.4 is 0 Å². The molecule has 1 aromatic rings. The molecule has 0 aliphatic carbocycles. The van der Waals surface area contributed by atoms with Crippen LogP contribution in [0.2, 0.25) is 0 Å². The third-order valence-electron chi connectivity index (χ3n) is 2.97. The second kappa shape index (κ2) is 5.21. The molecule has 102 valence electrons. The van der Waals surface area contributed by atoms with Gasteiger partial charge in [-0.1, -0.05) is 6.07 Å².